The van der Waals surface area contributed by atoms with Gasteiger partial charge in [-0.3, -0.25) is 0 Å². The smallest absolute Gasteiger partial charge is 0.396 e. The third-order valence-electron chi connectivity index (χ3n) is 0.626. The molecule has 0 saturated heterocycles. The Kier molecular flexibility index (Phi) is 3.49. The minimum absolute atomic E-state index is 0. The highest BCUT2D eigenvalue weighted by Gasteiger charge is 2.08. The van der Waals surface area contributed by atoms with Crippen LogP contribution in [0.1, 0.15) is 22.2 Å². The van der Waals surface area contributed by atoms with Gasteiger partial charge in [-0.05, 0) is 0 Å². The molecule has 0 bridgehead atoms. The molecule has 0 unspecified atom stereocenters. The van der Waals surface area contributed by atoms with Crippen LogP contribution >= 0.6 is 11.8 Å². The molecule has 0 aromatic rings. The standard InChI is InChI=1S/C6H14OS/c1-6(2,3)8-5-4-7/h7H,4-5H2,1-3H3/p+1. The average Bonchev–Trinajstić information content (AvgIpc) is 1.59. The second kappa shape index (κ2) is 3.36. The Morgan fingerprint density at radius 3 is 2.12 bits per heavy atom. The van der Waals surface area contributed by atoms with Gasteiger partial charge in [-0.2, -0.15) is 11.8 Å². The maximum absolute atomic E-state index is 8.41. The number of aliphatic hydroxyl groups is 1. The third-order valence-corrected chi connectivity index (χ3v) is 1.88. The first-order chi connectivity index (χ1) is 3.56. The van der Waals surface area contributed by atoms with Gasteiger partial charge in [0.25, 0.3) is 0 Å². The van der Waals surface area contributed by atoms with Gasteiger partial charge in [0.2, 0.25) is 0 Å². The molecule has 0 atom stereocenters. The van der Waals surface area contributed by atoms with Crippen molar-refractivity contribution in [3.8, 4) is 0 Å². The van der Waals surface area contributed by atoms with Crippen molar-refractivity contribution in [1.82, 2.24) is 0 Å². The molecular weight excluding hydrogens is 120 g/mol. The van der Waals surface area contributed by atoms with Crippen molar-refractivity contribution in [2.75, 3.05) is 12.4 Å². The van der Waals surface area contributed by atoms with E-state index in [0.29, 0.717) is 11.4 Å². The molecule has 0 radical (unpaired) electrons. The minimum atomic E-state index is 0. The summed E-state index contributed by atoms with van der Waals surface area (Å²) in [5.74, 6) is 0.851. The van der Waals surface area contributed by atoms with Crippen molar-refractivity contribution in [3.63, 3.8) is 0 Å². The van der Waals surface area contributed by atoms with Crippen LogP contribution in [-0.4, -0.2) is 22.2 Å². The number of aliphatic hydroxyl groups excluding tert-OH is 1. The van der Waals surface area contributed by atoms with Crippen LogP contribution in [0.25, 0.3) is 0 Å². The van der Waals surface area contributed by atoms with Gasteiger partial charge < -0.3 is 5.11 Å². The van der Waals surface area contributed by atoms with E-state index in [9.17, 15) is 0 Å². The number of rotatable bonds is 2. The van der Waals surface area contributed by atoms with Crippen molar-refractivity contribution in [2.45, 2.75) is 25.5 Å². The number of hydrogen-bond donors (Lipinski definition) is 1. The fraction of sp³-hybridized carbons (Fsp3) is 1.00. The molecule has 0 saturated carbocycles. The zero-order chi connectivity index (χ0) is 6.62. The van der Waals surface area contributed by atoms with Crippen molar-refractivity contribution in [2.24, 2.45) is 0 Å². The van der Waals surface area contributed by atoms with E-state index in [4.69, 9.17) is 5.11 Å². The van der Waals surface area contributed by atoms with E-state index in [-0.39, 0.29) is 1.43 Å². The molecule has 2 heteroatoms. The molecule has 0 aromatic heterocycles. The van der Waals surface area contributed by atoms with Crippen molar-refractivity contribution < 1.29 is 6.53 Å². The average molecular weight is 135 g/mol. The highest BCUT2D eigenvalue weighted by Crippen LogP contribution is 2.21. The summed E-state index contributed by atoms with van der Waals surface area (Å²) >= 11 is 1.78. The van der Waals surface area contributed by atoms with Crippen LogP contribution in [0.15, 0.2) is 0 Å². The van der Waals surface area contributed by atoms with E-state index in [0.717, 1.165) is 5.75 Å². The van der Waals surface area contributed by atoms with Gasteiger partial charge in [-0.1, -0.05) is 20.8 Å². The first kappa shape index (κ1) is 8.31. The largest absolute Gasteiger partial charge is 1.00 e. The fourth-order valence-corrected chi connectivity index (χ4v) is 1.06. The lowest BCUT2D eigenvalue weighted by Gasteiger charge is -2.15. The quantitative estimate of drug-likeness (QED) is 0.621. The van der Waals surface area contributed by atoms with Crippen LogP contribution in [0.5, 0.6) is 0 Å². The summed E-state index contributed by atoms with van der Waals surface area (Å²) in [7, 11) is 0. The lowest BCUT2D eigenvalue weighted by molar-refractivity contribution is 0.322. The van der Waals surface area contributed by atoms with Crippen LogP contribution in [0.4, 0.5) is 0 Å². The van der Waals surface area contributed by atoms with Crippen LogP contribution in [-0.2, 0) is 0 Å². The van der Waals surface area contributed by atoms with Crippen molar-refractivity contribution in [1.29, 1.82) is 0 Å². The summed E-state index contributed by atoms with van der Waals surface area (Å²) in [6.45, 7) is 6.73. The Bertz CT molecular complexity index is 60.6. The van der Waals surface area contributed by atoms with Gasteiger partial charge >= 0.3 is 1.43 Å². The second-order valence-electron chi connectivity index (χ2n) is 2.68. The summed E-state index contributed by atoms with van der Waals surface area (Å²) in [6, 6.07) is 0. The van der Waals surface area contributed by atoms with Crippen LogP contribution in [0, 0.1) is 0 Å². The van der Waals surface area contributed by atoms with Crippen LogP contribution in [0.3, 0.4) is 0 Å². The third kappa shape index (κ3) is 6.31. The van der Waals surface area contributed by atoms with E-state index < -0.39 is 0 Å². The summed E-state index contributed by atoms with van der Waals surface area (Å²) in [4.78, 5) is 0. The molecule has 0 amide bonds. The summed E-state index contributed by atoms with van der Waals surface area (Å²) in [5, 5.41) is 8.41. The SMILES string of the molecule is CC(C)(C)SCCO.[H+]. The Balaban J connectivity index is 0. The van der Waals surface area contributed by atoms with Gasteiger partial charge in [0.1, 0.15) is 0 Å². The predicted molar refractivity (Wildman–Crippen MR) is 40.4 cm³/mol. The Morgan fingerprint density at radius 2 is 2.00 bits per heavy atom. The zero-order valence-corrected chi connectivity index (χ0v) is 6.59. The number of hydrogen-bond acceptors (Lipinski definition) is 2. The zero-order valence-electron chi connectivity index (χ0n) is 6.77. The maximum atomic E-state index is 8.41. The van der Waals surface area contributed by atoms with E-state index in [1.165, 1.54) is 0 Å². The first-order valence-corrected chi connectivity index (χ1v) is 3.79. The Morgan fingerprint density at radius 1 is 1.50 bits per heavy atom. The van der Waals surface area contributed by atoms with Crippen molar-refractivity contribution in [3.05, 3.63) is 0 Å². The van der Waals surface area contributed by atoms with Gasteiger partial charge in [0.15, 0.2) is 0 Å². The highest BCUT2D eigenvalue weighted by molar-refractivity contribution is 8.00. The maximum Gasteiger partial charge on any atom is 1.00 e. The molecule has 50 valence electrons. The predicted octanol–water partition coefficient (Wildman–Crippen LogP) is 1.62. The minimum Gasteiger partial charge on any atom is -0.396 e. The van der Waals surface area contributed by atoms with Gasteiger partial charge in [0, 0.05) is 10.5 Å². The monoisotopic (exact) mass is 135 g/mol. The lowest BCUT2D eigenvalue weighted by atomic mass is 10.3. The lowest BCUT2D eigenvalue weighted by Crippen LogP contribution is -2.09. The molecule has 0 fully saturated rings. The topological polar surface area (TPSA) is 20.2 Å². The molecule has 8 heavy (non-hydrogen) atoms. The van der Waals surface area contributed by atoms with Gasteiger partial charge in [-0.15, -0.1) is 0 Å². The van der Waals surface area contributed by atoms with E-state index in [1.807, 2.05) is 0 Å². The molecule has 0 aliphatic rings. The van der Waals surface area contributed by atoms with Crippen LogP contribution < -0.4 is 0 Å². The van der Waals surface area contributed by atoms with E-state index >= 15 is 0 Å². The molecular formula is C6H15OS+. The summed E-state index contributed by atoms with van der Waals surface area (Å²) in [6.07, 6.45) is 0. The van der Waals surface area contributed by atoms with E-state index in [1.54, 1.807) is 11.8 Å². The highest BCUT2D eigenvalue weighted by atomic mass is 32.2. The molecule has 0 rings (SSSR count). The molecule has 0 aliphatic heterocycles. The Labute approximate surface area is 57.0 Å². The van der Waals surface area contributed by atoms with Crippen molar-refractivity contribution >= 4 is 11.8 Å². The molecule has 0 heterocycles. The normalized spacial score (nSPS) is 12.0. The molecule has 1 N–H and O–H groups in total. The first-order valence-electron chi connectivity index (χ1n) is 2.81. The van der Waals surface area contributed by atoms with Gasteiger partial charge in [-0.25, -0.2) is 0 Å². The van der Waals surface area contributed by atoms with Crippen LogP contribution in [0.2, 0.25) is 0 Å². The molecule has 1 nitrogen and oxygen atoms in total. The van der Waals surface area contributed by atoms with E-state index in [2.05, 4.69) is 20.8 Å². The van der Waals surface area contributed by atoms with Gasteiger partial charge in [0.05, 0.1) is 6.61 Å². The molecule has 0 aromatic carbocycles. The molecule has 0 aliphatic carbocycles. The molecule has 0 spiro atoms. The second-order valence-corrected chi connectivity index (χ2v) is 4.61. The Hall–Kier alpha value is 0.310. The fourth-order valence-electron chi connectivity index (χ4n) is 0.352. The number of thioether (sulfide) groups is 1. The summed E-state index contributed by atoms with van der Waals surface area (Å²) in [5.41, 5.74) is 0. The summed E-state index contributed by atoms with van der Waals surface area (Å²) < 4.78 is 0.308.